The first-order chi connectivity index (χ1) is 27.1. The first-order valence-electron chi connectivity index (χ1n) is 19.3. The number of benzene rings is 2. The fourth-order valence-corrected chi connectivity index (χ4v) is 8.80. The van der Waals surface area contributed by atoms with Gasteiger partial charge in [0.1, 0.15) is 6.54 Å². The Morgan fingerprint density at radius 3 is 2.22 bits per heavy atom. The van der Waals surface area contributed by atoms with Crippen LogP contribution in [0.5, 0.6) is 0 Å². The van der Waals surface area contributed by atoms with Crippen molar-refractivity contribution in [1.82, 2.24) is 9.96 Å². The van der Waals surface area contributed by atoms with Crippen LogP contribution < -0.4 is 4.90 Å². The van der Waals surface area contributed by atoms with E-state index in [1.807, 2.05) is 82.5 Å². The maximum Gasteiger partial charge on any atom is 0.333 e. The van der Waals surface area contributed by atoms with Crippen LogP contribution in [0.2, 0.25) is 0 Å². The quantitative estimate of drug-likeness (QED) is 0.0850. The number of hydrogen-bond donors (Lipinski definition) is 2. The van der Waals surface area contributed by atoms with E-state index >= 15 is 0 Å². The second kappa shape index (κ2) is 17.6. The van der Waals surface area contributed by atoms with E-state index in [0.717, 1.165) is 39.5 Å². The Kier molecular flexibility index (Phi) is 13.5. The third-order valence-electron chi connectivity index (χ3n) is 10.7. The Morgan fingerprint density at radius 1 is 0.897 bits per heavy atom. The average Bonchev–Trinajstić information content (AvgIpc) is 3.64. The number of anilines is 1. The molecule has 3 aliphatic heterocycles. The highest BCUT2D eigenvalue weighted by Crippen LogP contribution is 2.48. The van der Waals surface area contributed by atoms with Gasteiger partial charge in [-0.05, 0) is 82.3 Å². The number of amides is 2. The number of likely N-dealkylation sites (N-methyl/N-ethyl adjacent to an activating group) is 1. The number of rotatable bonds is 17. The maximum atomic E-state index is 12.2. The molecule has 0 aliphatic carbocycles. The summed E-state index contributed by atoms with van der Waals surface area (Å²) in [6.07, 6.45) is 14.4. The monoisotopic (exact) mass is 837 g/mol. The van der Waals surface area contributed by atoms with E-state index in [1.54, 1.807) is 6.07 Å². The van der Waals surface area contributed by atoms with Gasteiger partial charge in [-0.2, -0.15) is 21.4 Å². The number of nitrogens with zero attached hydrogens (tertiary/aromatic N) is 4. The highest BCUT2D eigenvalue weighted by atomic mass is 32.2. The van der Waals surface area contributed by atoms with Gasteiger partial charge in [0.25, 0.3) is 32.1 Å². The molecule has 312 valence electrons. The molecule has 0 spiro atoms. The van der Waals surface area contributed by atoms with Crippen molar-refractivity contribution in [2.24, 2.45) is 0 Å². The number of fused-ring (bicyclic) bond motifs is 2. The molecule has 16 heteroatoms. The second-order valence-corrected chi connectivity index (χ2v) is 18.7. The van der Waals surface area contributed by atoms with E-state index in [-0.39, 0.29) is 36.3 Å². The Morgan fingerprint density at radius 2 is 1.57 bits per heavy atom. The summed E-state index contributed by atoms with van der Waals surface area (Å²) in [7, 11) is -6.54. The van der Waals surface area contributed by atoms with Crippen molar-refractivity contribution in [3.05, 3.63) is 101 Å². The molecule has 2 aromatic carbocycles. The van der Waals surface area contributed by atoms with Crippen LogP contribution >= 0.6 is 0 Å². The molecule has 3 heterocycles. The standard InChI is InChI=1S/C42H52N4O10S2/c1-7-44-34-21-19-31(58(53,54)55)28-33(34)42(4,5)36(44)15-11-9-8-10-12-16-37-41(2,3)32-27-30(18-20-35(32)45(37)25-14-26-57(50,51)52)29-43(6)24-13-17-40(49)56-46-38(47)22-23-39(46)48/h8-12,15-16,18-21,27-28H,7,13-14,17,22-26,29H2,1-6H3,(H-,50,51,52,53,54,55)/p+1. The van der Waals surface area contributed by atoms with Crippen molar-refractivity contribution < 1.29 is 49.7 Å². The average molecular weight is 838 g/mol. The molecule has 1 saturated heterocycles. The summed E-state index contributed by atoms with van der Waals surface area (Å²) in [5.41, 5.74) is 5.73. The van der Waals surface area contributed by atoms with E-state index in [0.29, 0.717) is 37.7 Å². The third kappa shape index (κ3) is 10.1. The molecule has 1 fully saturated rings. The van der Waals surface area contributed by atoms with Crippen LogP contribution in [0.15, 0.2) is 89.5 Å². The highest BCUT2D eigenvalue weighted by Gasteiger charge is 2.44. The van der Waals surface area contributed by atoms with Gasteiger partial charge in [-0.3, -0.25) is 18.7 Å². The molecular formula is C42H53N4O10S2+. The zero-order valence-corrected chi connectivity index (χ0v) is 35.5. The number of carbonyl (C=O) groups is 3. The second-order valence-electron chi connectivity index (χ2n) is 15.7. The van der Waals surface area contributed by atoms with Crippen LogP contribution in [-0.2, 0) is 56.8 Å². The summed E-state index contributed by atoms with van der Waals surface area (Å²) >= 11 is 0. The molecule has 14 nitrogen and oxygen atoms in total. The van der Waals surface area contributed by atoms with E-state index in [1.165, 1.54) is 12.1 Å². The normalized spacial score (nSPS) is 18.6. The maximum absolute atomic E-state index is 12.2. The number of imide groups is 1. The summed E-state index contributed by atoms with van der Waals surface area (Å²) < 4.78 is 68.0. The lowest BCUT2D eigenvalue weighted by Crippen LogP contribution is -2.32. The predicted molar refractivity (Wildman–Crippen MR) is 221 cm³/mol. The largest absolute Gasteiger partial charge is 0.344 e. The lowest BCUT2D eigenvalue weighted by atomic mass is 9.80. The van der Waals surface area contributed by atoms with Gasteiger partial charge >= 0.3 is 5.97 Å². The molecule has 2 aromatic rings. The predicted octanol–water partition coefficient (Wildman–Crippen LogP) is 5.78. The first kappa shape index (κ1) is 44.4. The summed E-state index contributed by atoms with van der Waals surface area (Å²) in [6.45, 7) is 12.5. The molecule has 0 aromatic heterocycles. The Balaban J connectivity index is 1.27. The minimum atomic E-state index is -4.34. The molecule has 58 heavy (non-hydrogen) atoms. The number of hydrogen-bond acceptors (Lipinski definition) is 10. The smallest absolute Gasteiger partial charge is 0.333 e. The fourth-order valence-electron chi connectivity index (χ4n) is 7.80. The van der Waals surface area contributed by atoms with Crippen LogP contribution in [0.25, 0.3) is 0 Å². The molecule has 2 N–H and O–H groups in total. The summed E-state index contributed by atoms with van der Waals surface area (Å²) in [4.78, 5) is 44.7. The molecule has 0 unspecified atom stereocenters. The minimum Gasteiger partial charge on any atom is -0.344 e. The van der Waals surface area contributed by atoms with Crippen LogP contribution in [0.3, 0.4) is 0 Å². The van der Waals surface area contributed by atoms with Gasteiger partial charge in [-0.25, -0.2) is 4.79 Å². The molecule has 0 bridgehead atoms. The van der Waals surface area contributed by atoms with Gasteiger partial charge < -0.3 is 14.6 Å². The van der Waals surface area contributed by atoms with Gasteiger partial charge in [0.15, 0.2) is 5.71 Å². The minimum absolute atomic E-state index is 0.0437. The molecule has 0 radical (unpaired) electrons. The Bertz CT molecular complexity index is 2320. The number of hydroxylamine groups is 2. The van der Waals surface area contributed by atoms with Crippen LogP contribution in [0.4, 0.5) is 11.4 Å². The lowest BCUT2D eigenvalue weighted by Gasteiger charge is -2.25. The van der Waals surface area contributed by atoms with E-state index in [4.69, 9.17) is 4.84 Å². The Labute approximate surface area is 341 Å². The molecule has 0 atom stereocenters. The van der Waals surface area contributed by atoms with Crippen molar-refractivity contribution in [2.75, 3.05) is 37.3 Å². The fraction of sp³-hybridized carbons (Fsp3) is 0.429. The van der Waals surface area contributed by atoms with Crippen molar-refractivity contribution >= 4 is 55.1 Å². The van der Waals surface area contributed by atoms with Crippen molar-refractivity contribution in [1.29, 1.82) is 0 Å². The number of carbonyl (C=O) groups excluding carboxylic acids is 3. The van der Waals surface area contributed by atoms with Gasteiger partial charge in [0, 0.05) is 73.3 Å². The number of allylic oxidation sites excluding steroid dienone is 8. The third-order valence-corrected chi connectivity index (χ3v) is 12.4. The van der Waals surface area contributed by atoms with Crippen molar-refractivity contribution in [3.63, 3.8) is 0 Å². The van der Waals surface area contributed by atoms with Crippen molar-refractivity contribution in [3.8, 4) is 0 Å². The van der Waals surface area contributed by atoms with Gasteiger partial charge in [-0.1, -0.05) is 50.3 Å². The molecule has 3 aliphatic rings. The summed E-state index contributed by atoms with van der Waals surface area (Å²) in [5.74, 6) is -2.01. The Hall–Kier alpha value is -4.74. The van der Waals surface area contributed by atoms with E-state index in [2.05, 4.69) is 34.3 Å². The van der Waals surface area contributed by atoms with Crippen LogP contribution in [0.1, 0.15) is 83.4 Å². The molecule has 5 rings (SSSR count). The SMILES string of the molecule is CCN1/C(=C/C=C/C=C/C=C/C2=[N+](CCCS(=O)(=O)O)c3ccc(CN(C)CCCC(=O)ON4C(=O)CCC4=O)cc3C2(C)C)C(C)(C)c2cc(S(=O)(=O)O)ccc21. The zero-order valence-electron chi connectivity index (χ0n) is 33.8. The van der Waals surface area contributed by atoms with Crippen LogP contribution in [0, 0.1) is 0 Å². The van der Waals surface area contributed by atoms with Crippen LogP contribution in [-0.4, -0.2) is 96.4 Å². The van der Waals surface area contributed by atoms with E-state index in [9.17, 15) is 40.3 Å². The lowest BCUT2D eigenvalue weighted by molar-refractivity contribution is -0.437. The zero-order chi connectivity index (χ0) is 42.6. The molecule has 2 amide bonds. The first-order valence-corrected chi connectivity index (χ1v) is 22.3. The topological polar surface area (TPSA) is 182 Å². The summed E-state index contributed by atoms with van der Waals surface area (Å²) in [5, 5.41) is 0.560. The van der Waals surface area contributed by atoms with Gasteiger partial charge in [0.05, 0.1) is 16.1 Å². The summed E-state index contributed by atoms with van der Waals surface area (Å²) in [6, 6.07) is 10.8. The van der Waals surface area contributed by atoms with Gasteiger partial charge in [-0.15, -0.1) is 5.06 Å². The molecular weight excluding hydrogens is 785 g/mol. The molecule has 0 saturated carbocycles. The van der Waals surface area contributed by atoms with Crippen molar-refractivity contribution in [2.45, 2.75) is 89.0 Å². The van der Waals surface area contributed by atoms with E-state index < -0.39 is 48.8 Å². The highest BCUT2D eigenvalue weighted by molar-refractivity contribution is 7.86. The van der Waals surface area contributed by atoms with Gasteiger partial charge in [0.2, 0.25) is 5.69 Å².